The Bertz CT molecular complexity index is 1350. The molecule has 2 heterocycles. The van der Waals surface area contributed by atoms with Crippen molar-refractivity contribution in [1.82, 2.24) is 14.6 Å². The maximum Gasteiger partial charge on any atom is 0.291 e. The summed E-state index contributed by atoms with van der Waals surface area (Å²) in [6.07, 6.45) is 3.85. The number of rotatable bonds is 9. The fourth-order valence-corrected chi connectivity index (χ4v) is 4.26. The highest BCUT2D eigenvalue weighted by molar-refractivity contribution is 7.15. The first-order valence-corrected chi connectivity index (χ1v) is 11.3. The molecule has 0 radical (unpaired) electrons. The first-order valence-electron chi connectivity index (χ1n) is 10.5. The van der Waals surface area contributed by atoms with Gasteiger partial charge in [-0.3, -0.25) is 4.79 Å². The lowest BCUT2D eigenvalue weighted by molar-refractivity contribution is 0.309. The van der Waals surface area contributed by atoms with Crippen LogP contribution in [-0.4, -0.2) is 42.5 Å². The molecule has 0 N–H and O–H groups in total. The van der Waals surface area contributed by atoms with Crippen LogP contribution in [0, 0.1) is 0 Å². The fraction of sp³-hybridized carbons (Fsp3) is 0.292. The molecule has 4 rings (SSSR count). The van der Waals surface area contributed by atoms with E-state index in [0.717, 1.165) is 24.2 Å². The average Bonchev–Trinajstić information content (AvgIpc) is 3.38. The Kier molecular flexibility index (Phi) is 6.79. The summed E-state index contributed by atoms with van der Waals surface area (Å²) in [4.78, 5) is 18.1. The zero-order valence-corrected chi connectivity index (χ0v) is 19.8. The molecule has 0 saturated heterocycles. The quantitative estimate of drug-likeness (QED) is 0.348. The standard InChI is InChI=1S/C24H25N3O5S/c1-5-6-11-32-17-10-8-7-9-15(17)14-20-23(28)27-24(33-20)25-22(26-27)16-12-18(29-2)21(31-4)19(13-16)30-3/h7-10,12-14H,5-6,11H2,1-4H3/b20-14-. The second-order valence-corrected chi connectivity index (χ2v) is 8.21. The zero-order valence-electron chi connectivity index (χ0n) is 19.0. The van der Waals surface area contributed by atoms with Crippen molar-refractivity contribution >= 4 is 22.4 Å². The van der Waals surface area contributed by atoms with Gasteiger partial charge in [0.05, 0.1) is 32.5 Å². The van der Waals surface area contributed by atoms with E-state index < -0.39 is 0 Å². The Hall–Kier alpha value is -3.59. The second-order valence-electron chi connectivity index (χ2n) is 7.20. The van der Waals surface area contributed by atoms with Crippen molar-refractivity contribution < 1.29 is 18.9 Å². The highest BCUT2D eigenvalue weighted by atomic mass is 32.1. The molecule has 4 aromatic rings. The van der Waals surface area contributed by atoms with Crippen molar-refractivity contribution in [3.63, 3.8) is 0 Å². The number of hydrogen-bond donors (Lipinski definition) is 0. The van der Waals surface area contributed by atoms with Crippen LogP contribution < -0.4 is 29.0 Å². The van der Waals surface area contributed by atoms with E-state index in [1.807, 2.05) is 30.3 Å². The number of fused-ring (bicyclic) bond motifs is 1. The number of para-hydroxylation sites is 1. The van der Waals surface area contributed by atoms with Gasteiger partial charge in [0.25, 0.3) is 5.56 Å². The van der Waals surface area contributed by atoms with Crippen LogP contribution in [0.25, 0.3) is 22.4 Å². The van der Waals surface area contributed by atoms with Crippen molar-refractivity contribution in [2.75, 3.05) is 27.9 Å². The molecule has 0 bridgehead atoms. The third-order valence-electron chi connectivity index (χ3n) is 5.07. The van der Waals surface area contributed by atoms with Gasteiger partial charge in [-0.2, -0.15) is 9.50 Å². The van der Waals surface area contributed by atoms with Crippen LogP contribution in [0.2, 0.25) is 0 Å². The summed E-state index contributed by atoms with van der Waals surface area (Å²) >= 11 is 1.28. The van der Waals surface area contributed by atoms with Crippen LogP contribution in [0.4, 0.5) is 0 Å². The monoisotopic (exact) mass is 467 g/mol. The van der Waals surface area contributed by atoms with E-state index in [-0.39, 0.29) is 5.56 Å². The van der Waals surface area contributed by atoms with Gasteiger partial charge in [0.1, 0.15) is 5.75 Å². The molecule has 172 valence electrons. The van der Waals surface area contributed by atoms with E-state index in [1.54, 1.807) is 33.5 Å². The zero-order chi connectivity index (χ0) is 23.4. The van der Waals surface area contributed by atoms with Gasteiger partial charge >= 0.3 is 0 Å². The van der Waals surface area contributed by atoms with Crippen LogP contribution >= 0.6 is 11.3 Å². The Balaban J connectivity index is 1.73. The molecule has 0 spiro atoms. The minimum atomic E-state index is -0.232. The molecule has 0 aliphatic rings. The SMILES string of the molecule is CCCCOc1ccccc1/C=c1\sc2nc(-c3cc(OC)c(OC)c(OC)c3)nn2c1=O. The lowest BCUT2D eigenvalue weighted by Gasteiger charge is -2.12. The van der Waals surface area contributed by atoms with Crippen molar-refractivity contribution in [2.24, 2.45) is 0 Å². The molecular formula is C24H25N3O5S. The van der Waals surface area contributed by atoms with Crippen LogP contribution in [0.3, 0.4) is 0 Å². The topological polar surface area (TPSA) is 84.2 Å². The average molecular weight is 468 g/mol. The van der Waals surface area contributed by atoms with Gasteiger partial charge in [-0.15, -0.1) is 5.10 Å². The van der Waals surface area contributed by atoms with E-state index in [4.69, 9.17) is 18.9 Å². The van der Waals surface area contributed by atoms with Gasteiger partial charge in [0.15, 0.2) is 17.3 Å². The summed E-state index contributed by atoms with van der Waals surface area (Å²) in [5, 5.41) is 4.43. The van der Waals surface area contributed by atoms with Crippen LogP contribution in [0.1, 0.15) is 25.3 Å². The Labute approximate surface area is 195 Å². The predicted octanol–water partition coefficient (Wildman–Crippen LogP) is 3.57. The number of benzene rings is 2. The molecule has 0 fully saturated rings. The van der Waals surface area contributed by atoms with Crippen molar-refractivity contribution in [1.29, 1.82) is 0 Å². The molecule has 0 saturated carbocycles. The molecule has 0 aliphatic heterocycles. The first kappa shape index (κ1) is 22.6. The van der Waals surface area contributed by atoms with E-state index in [1.165, 1.54) is 15.9 Å². The highest BCUT2D eigenvalue weighted by Gasteiger charge is 2.18. The summed E-state index contributed by atoms with van der Waals surface area (Å²) in [6.45, 7) is 2.75. The van der Waals surface area contributed by atoms with E-state index in [0.29, 0.717) is 44.7 Å². The molecule has 0 unspecified atom stereocenters. The van der Waals surface area contributed by atoms with Crippen LogP contribution in [0.5, 0.6) is 23.0 Å². The lowest BCUT2D eigenvalue weighted by Crippen LogP contribution is -2.23. The number of ether oxygens (including phenoxy) is 4. The third-order valence-corrected chi connectivity index (χ3v) is 6.03. The minimum Gasteiger partial charge on any atom is -0.493 e. The Morgan fingerprint density at radius 3 is 2.39 bits per heavy atom. The molecule has 0 amide bonds. The predicted molar refractivity (Wildman–Crippen MR) is 128 cm³/mol. The number of aromatic nitrogens is 3. The van der Waals surface area contributed by atoms with Gasteiger partial charge in [0.2, 0.25) is 10.7 Å². The number of methoxy groups -OCH3 is 3. The van der Waals surface area contributed by atoms with Gasteiger partial charge in [-0.25, -0.2) is 0 Å². The smallest absolute Gasteiger partial charge is 0.291 e. The molecule has 0 aliphatic carbocycles. The lowest BCUT2D eigenvalue weighted by atomic mass is 10.1. The summed E-state index contributed by atoms with van der Waals surface area (Å²) in [7, 11) is 4.63. The maximum atomic E-state index is 13.0. The Morgan fingerprint density at radius 1 is 1.03 bits per heavy atom. The van der Waals surface area contributed by atoms with Gasteiger partial charge in [0, 0.05) is 11.1 Å². The molecule has 2 aromatic heterocycles. The molecule has 33 heavy (non-hydrogen) atoms. The van der Waals surface area contributed by atoms with Crippen molar-refractivity contribution in [3.8, 4) is 34.4 Å². The van der Waals surface area contributed by atoms with Crippen molar-refractivity contribution in [3.05, 3.63) is 56.8 Å². The summed E-state index contributed by atoms with van der Waals surface area (Å²) in [6, 6.07) is 11.2. The number of hydrogen-bond acceptors (Lipinski definition) is 8. The summed E-state index contributed by atoms with van der Waals surface area (Å²) in [5.74, 6) is 2.60. The van der Waals surface area contributed by atoms with Crippen LogP contribution in [-0.2, 0) is 0 Å². The summed E-state index contributed by atoms with van der Waals surface area (Å²) in [5.41, 5.74) is 1.27. The van der Waals surface area contributed by atoms with E-state index in [9.17, 15) is 4.79 Å². The molecular weight excluding hydrogens is 442 g/mol. The second kappa shape index (κ2) is 9.91. The van der Waals surface area contributed by atoms with E-state index >= 15 is 0 Å². The minimum absolute atomic E-state index is 0.232. The van der Waals surface area contributed by atoms with Crippen molar-refractivity contribution in [2.45, 2.75) is 19.8 Å². The fourth-order valence-electron chi connectivity index (χ4n) is 3.37. The normalized spacial score (nSPS) is 11.7. The number of unbranched alkanes of at least 4 members (excludes halogenated alkanes) is 1. The molecule has 8 nitrogen and oxygen atoms in total. The van der Waals surface area contributed by atoms with Gasteiger partial charge < -0.3 is 18.9 Å². The number of nitrogens with zero attached hydrogens (tertiary/aromatic N) is 3. The van der Waals surface area contributed by atoms with Gasteiger partial charge in [-0.1, -0.05) is 42.9 Å². The first-order chi connectivity index (χ1) is 16.1. The highest BCUT2D eigenvalue weighted by Crippen LogP contribution is 2.40. The Morgan fingerprint density at radius 2 is 1.76 bits per heavy atom. The van der Waals surface area contributed by atoms with Gasteiger partial charge in [-0.05, 0) is 30.7 Å². The third kappa shape index (κ3) is 4.49. The van der Waals surface area contributed by atoms with E-state index in [2.05, 4.69) is 17.0 Å². The molecule has 9 heteroatoms. The van der Waals surface area contributed by atoms with Crippen LogP contribution in [0.15, 0.2) is 41.2 Å². The number of thiazole rings is 1. The largest absolute Gasteiger partial charge is 0.493 e. The molecule has 0 atom stereocenters. The maximum absolute atomic E-state index is 13.0. The summed E-state index contributed by atoms with van der Waals surface area (Å²) < 4.78 is 23.9. The molecule has 2 aromatic carbocycles.